The SMILES string of the molecule is CSCCCN(C)C(CN)c1ccccc1C. The predicted molar refractivity (Wildman–Crippen MR) is 78.6 cm³/mol. The molecule has 0 aliphatic rings. The zero-order valence-electron chi connectivity index (χ0n) is 11.1. The Morgan fingerprint density at radius 2 is 2.06 bits per heavy atom. The lowest BCUT2D eigenvalue weighted by atomic mass is 10.0. The van der Waals surface area contributed by atoms with Crippen LogP contribution in [0.1, 0.15) is 23.6 Å². The highest BCUT2D eigenvalue weighted by Crippen LogP contribution is 2.21. The highest BCUT2D eigenvalue weighted by molar-refractivity contribution is 7.98. The Hall–Kier alpha value is -0.510. The van der Waals surface area contributed by atoms with E-state index in [2.05, 4.69) is 49.4 Å². The molecule has 0 fully saturated rings. The normalized spacial score (nSPS) is 13.0. The summed E-state index contributed by atoms with van der Waals surface area (Å²) in [5.74, 6) is 1.22. The summed E-state index contributed by atoms with van der Waals surface area (Å²) in [4.78, 5) is 2.37. The van der Waals surface area contributed by atoms with Crippen molar-refractivity contribution in [2.75, 3.05) is 32.1 Å². The minimum atomic E-state index is 0.345. The van der Waals surface area contributed by atoms with Crippen molar-refractivity contribution in [3.05, 3.63) is 35.4 Å². The molecular weight excluding hydrogens is 228 g/mol. The average molecular weight is 252 g/mol. The Labute approximate surface area is 110 Å². The molecule has 96 valence electrons. The molecule has 1 aromatic rings. The Balaban J connectivity index is 2.67. The van der Waals surface area contributed by atoms with E-state index in [-0.39, 0.29) is 0 Å². The number of thioether (sulfide) groups is 1. The third-order valence-electron chi connectivity index (χ3n) is 3.16. The summed E-state index contributed by atoms with van der Waals surface area (Å²) in [6.45, 7) is 3.95. The van der Waals surface area contributed by atoms with Gasteiger partial charge in [0, 0.05) is 12.6 Å². The maximum atomic E-state index is 5.93. The second-order valence-electron chi connectivity index (χ2n) is 4.44. The van der Waals surface area contributed by atoms with Crippen LogP contribution < -0.4 is 5.73 Å². The van der Waals surface area contributed by atoms with Gasteiger partial charge in [0.05, 0.1) is 0 Å². The average Bonchev–Trinajstić information content (AvgIpc) is 2.33. The van der Waals surface area contributed by atoms with Gasteiger partial charge in [-0.1, -0.05) is 24.3 Å². The van der Waals surface area contributed by atoms with Crippen LogP contribution in [0.5, 0.6) is 0 Å². The number of hydrogen-bond acceptors (Lipinski definition) is 3. The van der Waals surface area contributed by atoms with E-state index in [1.807, 2.05) is 11.8 Å². The molecule has 0 radical (unpaired) electrons. The fourth-order valence-corrected chi connectivity index (χ4v) is 2.54. The van der Waals surface area contributed by atoms with Crippen LogP contribution in [-0.4, -0.2) is 37.0 Å². The quantitative estimate of drug-likeness (QED) is 0.757. The molecule has 17 heavy (non-hydrogen) atoms. The zero-order valence-corrected chi connectivity index (χ0v) is 12.0. The highest BCUT2D eigenvalue weighted by atomic mass is 32.2. The standard InChI is InChI=1S/C14H24N2S/c1-12-7-4-5-8-13(12)14(11-15)16(2)9-6-10-17-3/h4-5,7-8,14H,6,9-11,15H2,1-3H3. The number of likely N-dealkylation sites (N-methyl/N-ethyl adjacent to an activating group) is 1. The molecular formula is C14H24N2S. The van der Waals surface area contributed by atoms with Gasteiger partial charge >= 0.3 is 0 Å². The van der Waals surface area contributed by atoms with Crippen LogP contribution >= 0.6 is 11.8 Å². The van der Waals surface area contributed by atoms with E-state index in [0.29, 0.717) is 12.6 Å². The van der Waals surface area contributed by atoms with Gasteiger partial charge in [-0.05, 0) is 50.1 Å². The van der Waals surface area contributed by atoms with E-state index < -0.39 is 0 Å². The smallest absolute Gasteiger partial charge is 0.0470 e. The summed E-state index contributed by atoms with van der Waals surface area (Å²) < 4.78 is 0. The number of hydrogen-bond donors (Lipinski definition) is 1. The third kappa shape index (κ3) is 4.34. The molecule has 1 rings (SSSR count). The maximum absolute atomic E-state index is 5.93. The Kier molecular flexibility index (Phi) is 6.63. The Morgan fingerprint density at radius 3 is 2.65 bits per heavy atom. The summed E-state index contributed by atoms with van der Waals surface area (Å²) >= 11 is 1.90. The van der Waals surface area contributed by atoms with Gasteiger partial charge in [-0.25, -0.2) is 0 Å². The number of rotatable bonds is 7. The van der Waals surface area contributed by atoms with Crippen LogP contribution in [-0.2, 0) is 0 Å². The number of nitrogens with two attached hydrogens (primary N) is 1. The molecule has 0 amide bonds. The Bertz CT molecular complexity index is 328. The third-order valence-corrected chi connectivity index (χ3v) is 3.86. The first kappa shape index (κ1) is 14.6. The topological polar surface area (TPSA) is 29.3 Å². The fraction of sp³-hybridized carbons (Fsp3) is 0.571. The number of nitrogens with zero attached hydrogens (tertiary/aromatic N) is 1. The molecule has 0 aliphatic heterocycles. The fourth-order valence-electron chi connectivity index (χ4n) is 2.12. The lowest BCUT2D eigenvalue weighted by molar-refractivity contribution is 0.251. The van der Waals surface area contributed by atoms with Gasteiger partial charge in [0.15, 0.2) is 0 Å². The molecule has 0 heterocycles. The van der Waals surface area contributed by atoms with Gasteiger partial charge in [0.25, 0.3) is 0 Å². The molecule has 3 heteroatoms. The van der Waals surface area contributed by atoms with Crippen LogP contribution in [0.2, 0.25) is 0 Å². The molecule has 0 saturated heterocycles. The molecule has 0 bridgehead atoms. The Morgan fingerprint density at radius 1 is 1.35 bits per heavy atom. The van der Waals surface area contributed by atoms with Crippen LogP contribution in [0.25, 0.3) is 0 Å². The van der Waals surface area contributed by atoms with Crippen LogP contribution in [0.4, 0.5) is 0 Å². The first-order valence-electron chi connectivity index (χ1n) is 6.15. The van der Waals surface area contributed by atoms with Crippen molar-refractivity contribution in [2.45, 2.75) is 19.4 Å². The molecule has 0 spiro atoms. The molecule has 2 nitrogen and oxygen atoms in total. The van der Waals surface area contributed by atoms with E-state index in [0.717, 1.165) is 6.54 Å². The summed E-state index contributed by atoms with van der Waals surface area (Å²) in [5.41, 5.74) is 8.63. The van der Waals surface area contributed by atoms with Crippen molar-refractivity contribution in [1.82, 2.24) is 4.90 Å². The second kappa shape index (κ2) is 7.75. The van der Waals surface area contributed by atoms with Crippen molar-refractivity contribution in [3.8, 4) is 0 Å². The van der Waals surface area contributed by atoms with E-state index >= 15 is 0 Å². The molecule has 2 N–H and O–H groups in total. The minimum absolute atomic E-state index is 0.345. The number of aryl methyl sites for hydroxylation is 1. The van der Waals surface area contributed by atoms with Gasteiger partial charge in [-0.2, -0.15) is 11.8 Å². The van der Waals surface area contributed by atoms with E-state index in [9.17, 15) is 0 Å². The first-order chi connectivity index (χ1) is 8.20. The van der Waals surface area contributed by atoms with E-state index in [1.54, 1.807) is 0 Å². The van der Waals surface area contributed by atoms with Gasteiger partial charge in [0.1, 0.15) is 0 Å². The lowest BCUT2D eigenvalue weighted by Gasteiger charge is -2.28. The van der Waals surface area contributed by atoms with Crippen molar-refractivity contribution < 1.29 is 0 Å². The minimum Gasteiger partial charge on any atom is -0.329 e. The lowest BCUT2D eigenvalue weighted by Crippen LogP contribution is -2.32. The zero-order chi connectivity index (χ0) is 12.7. The summed E-state index contributed by atoms with van der Waals surface area (Å²) in [6, 6.07) is 8.88. The van der Waals surface area contributed by atoms with Crippen molar-refractivity contribution in [3.63, 3.8) is 0 Å². The van der Waals surface area contributed by atoms with Crippen molar-refractivity contribution in [1.29, 1.82) is 0 Å². The van der Waals surface area contributed by atoms with Gasteiger partial charge in [-0.3, -0.25) is 4.90 Å². The largest absolute Gasteiger partial charge is 0.329 e. The van der Waals surface area contributed by atoms with Crippen LogP contribution in [0.15, 0.2) is 24.3 Å². The second-order valence-corrected chi connectivity index (χ2v) is 5.42. The monoisotopic (exact) mass is 252 g/mol. The predicted octanol–water partition coefficient (Wildman–Crippen LogP) is 2.68. The maximum Gasteiger partial charge on any atom is 0.0470 e. The van der Waals surface area contributed by atoms with Crippen LogP contribution in [0.3, 0.4) is 0 Å². The summed E-state index contributed by atoms with van der Waals surface area (Å²) in [7, 11) is 2.17. The van der Waals surface area contributed by atoms with Crippen molar-refractivity contribution in [2.24, 2.45) is 5.73 Å². The molecule has 1 atom stereocenters. The summed E-state index contributed by atoms with van der Waals surface area (Å²) in [6.07, 6.45) is 3.38. The van der Waals surface area contributed by atoms with Crippen molar-refractivity contribution >= 4 is 11.8 Å². The molecule has 1 unspecified atom stereocenters. The molecule has 0 aromatic heterocycles. The molecule has 0 saturated carbocycles. The first-order valence-corrected chi connectivity index (χ1v) is 7.54. The summed E-state index contributed by atoms with van der Waals surface area (Å²) in [5, 5.41) is 0. The van der Waals surface area contributed by atoms with Gasteiger partial charge < -0.3 is 5.73 Å². The van der Waals surface area contributed by atoms with E-state index in [4.69, 9.17) is 5.73 Å². The number of benzene rings is 1. The molecule has 0 aliphatic carbocycles. The van der Waals surface area contributed by atoms with Crippen LogP contribution in [0, 0.1) is 6.92 Å². The highest BCUT2D eigenvalue weighted by Gasteiger charge is 2.16. The van der Waals surface area contributed by atoms with E-state index in [1.165, 1.54) is 23.3 Å². The van der Waals surface area contributed by atoms with Gasteiger partial charge in [0.2, 0.25) is 0 Å². The molecule has 1 aromatic carbocycles. The van der Waals surface area contributed by atoms with Gasteiger partial charge in [-0.15, -0.1) is 0 Å².